The number of sulfonamides is 1. The zero-order chi connectivity index (χ0) is 15.7. The van der Waals surface area contributed by atoms with Crippen LogP contribution in [0.3, 0.4) is 0 Å². The van der Waals surface area contributed by atoms with E-state index in [0.29, 0.717) is 26.0 Å². The summed E-state index contributed by atoms with van der Waals surface area (Å²) in [7, 11) is -3.38. The van der Waals surface area contributed by atoms with Gasteiger partial charge >= 0.3 is 0 Å². The van der Waals surface area contributed by atoms with Gasteiger partial charge in [-0.15, -0.1) is 12.4 Å². The molecule has 1 amide bonds. The third-order valence-corrected chi connectivity index (χ3v) is 4.67. The van der Waals surface area contributed by atoms with E-state index in [4.69, 9.17) is 10.5 Å². The van der Waals surface area contributed by atoms with Gasteiger partial charge in [0.1, 0.15) is 0 Å². The average Bonchev–Trinajstić information content (AvgIpc) is 2.44. The molecule has 2 unspecified atom stereocenters. The molecule has 0 aromatic heterocycles. The maximum absolute atomic E-state index is 11.8. The van der Waals surface area contributed by atoms with Crippen molar-refractivity contribution < 1.29 is 17.9 Å². The van der Waals surface area contributed by atoms with Gasteiger partial charge in [0.05, 0.1) is 11.9 Å². The fourth-order valence-corrected chi connectivity index (χ4v) is 2.99. The summed E-state index contributed by atoms with van der Waals surface area (Å²) >= 11 is 0. The molecule has 4 N–H and O–H groups in total. The summed E-state index contributed by atoms with van der Waals surface area (Å²) in [4.78, 5) is 11.4. The van der Waals surface area contributed by atoms with Gasteiger partial charge in [0.15, 0.2) is 0 Å². The molecule has 132 valence electrons. The molecule has 1 aliphatic heterocycles. The Morgan fingerprint density at radius 2 is 2.14 bits per heavy atom. The van der Waals surface area contributed by atoms with Crippen molar-refractivity contribution in [3.8, 4) is 0 Å². The Labute approximate surface area is 139 Å². The molecule has 2 atom stereocenters. The maximum Gasteiger partial charge on any atom is 0.220 e. The van der Waals surface area contributed by atoms with Gasteiger partial charge in [0, 0.05) is 32.2 Å². The van der Waals surface area contributed by atoms with Crippen molar-refractivity contribution in [2.24, 2.45) is 5.73 Å². The number of halogens is 1. The zero-order valence-corrected chi connectivity index (χ0v) is 14.7. The second kappa shape index (κ2) is 11.2. The van der Waals surface area contributed by atoms with E-state index in [9.17, 15) is 13.2 Å². The van der Waals surface area contributed by atoms with E-state index in [1.165, 1.54) is 0 Å². The predicted octanol–water partition coefficient (Wildman–Crippen LogP) is 0.140. The Morgan fingerprint density at radius 1 is 1.41 bits per heavy atom. The van der Waals surface area contributed by atoms with Crippen LogP contribution in [0.1, 0.15) is 39.0 Å². The highest BCUT2D eigenvalue weighted by atomic mass is 35.5. The van der Waals surface area contributed by atoms with Crippen LogP contribution < -0.4 is 15.8 Å². The number of hydrogen-bond donors (Lipinski definition) is 3. The summed E-state index contributed by atoms with van der Waals surface area (Å²) in [6.07, 6.45) is 3.88. The van der Waals surface area contributed by atoms with Crippen LogP contribution in [0.4, 0.5) is 0 Å². The molecule has 7 nitrogen and oxygen atoms in total. The first kappa shape index (κ1) is 21.6. The molecule has 1 rings (SSSR count). The van der Waals surface area contributed by atoms with Gasteiger partial charge in [-0.05, 0) is 32.6 Å². The Morgan fingerprint density at radius 3 is 2.73 bits per heavy atom. The standard InChI is InChI=1S/C13H27N3O4S.ClH/c1-11(14)5-6-13(17)15-7-9-21(18,19)16-10-12-4-2-3-8-20-12;/h11-12,16H,2-10,14H2,1H3,(H,15,17);1H. The molecule has 0 bridgehead atoms. The molecule has 0 saturated carbocycles. The minimum absolute atomic E-state index is 0. The largest absolute Gasteiger partial charge is 0.377 e. The first-order valence-corrected chi connectivity index (χ1v) is 9.15. The number of rotatable bonds is 9. The summed E-state index contributed by atoms with van der Waals surface area (Å²) < 4.78 is 31.6. The number of nitrogens with one attached hydrogen (secondary N) is 2. The lowest BCUT2D eigenvalue weighted by Crippen LogP contribution is -2.39. The lowest BCUT2D eigenvalue weighted by atomic mass is 10.1. The van der Waals surface area contributed by atoms with E-state index in [0.717, 1.165) is 19.3 Å². The molecule has 9 heteroatoms. The molecule has 0 spiro atoms. The molecular weight excluding hydrogens is 330 g/mol. The predicted molar refractivity (Wildman–Crippen MR) is 88.5 cm³/mol. The molecule has 1 aliphatic rings. The van der Waals surface area contributed by atoms with Crippen molar-refractivity contribution in [1.82, 2.24) is 10.0 Å². The highest BCUT2D eigenvalue weighted by Gasteiger charge is 2.17. The van der Waals surface area contributed by atoms with Gasteiger partial charge in [-0.2, -0.15) is 0 Å². The normalized spacial score (nSPS) is 20.0. The van der Waals surface area contributed by atoms with E-state index >= 15 is 0 Å². The number of ether oxygens (including phenoxy) is 1. The Bertz CT molecular complexity index is 412. The van der Waals surface area contributed by atoms with Crippen molar-refractivity contribution in [3.05, 3.63) is 0 Å². The minimum Gasteiger partial charge on any atom is -0.377 e. The van der Waals surface area contributed by atoms with Gasteiger partial charge < -0.3 is 15.8 Å². The van der Waals surface area contributed by atoms with Crippen LogP contribution in [0.2, 0.25) is 0 Å². The fourth-order valence-electron chi connectivity index (χ4n) is 2.03. The summed E-state index contributed by atoms with van der Waals surface area (Å²) in [6, 6.07) is -0.0309. The van der Waals surface area contributed by atoms with Crippen molar-refractivity contribution in [2.45, 2.75) is 51.2 Å². The van der Waals surface area contributed by atoms with E-state index in [1.807, 2.05) is 6.92 Å². The van der Waals surface area contributed by atoms with Crippen LogP contribution in [0.25, 0.3) is 0 Å². The Kier molecular flexibility index (Phi) is 11.0. The zero-order valence-electron chi connectivity index (χ0n) is 13.0. The van der Waals surface area contributed by atoms with Crippen LogP contribution in [0.5, 0.6) is 0 Å². The molecule has 0 radical (unpaired) electrons. The number of nitrogens with two attached hydrogens (primary N) is 1. The highest BCUT2D eigenvalue weighted by molar-refractivity contribution is 7.89. The molecule has 22 heavy (non-hydrogen) atoms. The SMILES string of the molecule is CC(N)CCC(=O)NCCS(=O)(=O)NCC1CCCCO1.Cl. The van der Waals surface area contributed by atoms with Crippen molar-refractivity contribution in [1.29, 1.82) is 0 Å². The van der Waals surface area contributed by atoms with Crippen LogP contribution in [-0.4, -0.2) is 51.9 Å². The number of amides is 1. The molecule has 1 fully saturated rings. The van der Waals surface area contributed by atoms with E-state index < -0.39 is 10.0 Å². The fraction of sp³-hybridized carbons (Fsp3) is 0.923. The molecule has 0 aromatic carbocycles. The van der Waals surface area contributed by atoms with E-state index in [1.54, 1.807) is 0 Å². The van der Waals surface area contributed by atoms with Crippen LogP contribution in [0, 0.1) is 0 Å². The van der Waals surface area contributed by atoms with Crippen LogP contribution in [0.15, 0.2) is 0 Å². The summed E-state index contributed by atoms with van der Waals surface area (Å²) in [5, 5.41) is 2.59. The third-order valence-electron chi connectivity index (χ3n) is 3.32. The highest BCUT2D eigenvalue weighted by Crippen LogP contribution is 2.11. The van der Waals surface area contributed by atoms with Gasteiger partial charge in [0.2, 0.25) is 15.9 Å². The van der Waals surface area contributed by atoms with E-state index in [2.05, 4.69) is 10.0 Å². The first-order valence-electron chi connectivity index (χ1n) is 7.50. The molecule has 1 heterocycles. The van der Waals surface area contributed by atoms with Gasteiger partial charge in [-0.3, -0.25) is 4.79 Å². The van der Waals surface area contributed by atoms with Crippen LogP contribution >= 0.6 is 12.4 Å². The van der Waals surface area contributed by atoms with Crippen molar-refractivity contribution >= 4 is 28.3 Å². The average molecular weight is 358 g/mol. The van der Waals surface area contributed by atoms with Crippen LogP contribution in [-0.2, 0) is 19.6 Å². The molecular formula is C13H28ClN3O4S. The summed E-state index contributed by atoms with van der Waals surface area (Å²) in [5.41, 5.74) is 5.55. The number of carbonyl (C=O) groups is 1. The number of carbonyl (C=O) groups excluding carboxylic acids is 1. The quantitative estimate of drug-likeness (QED) is 0.543. The second-order valence-electron chi connectivity index (χ2n) is 5.52. The molecule has 0 aliphatic carbocycles. The van der Waals surface area contributed by atoms with E-state index in [-0.39, 0.29) is 42.8 Å². The van der Waals surface area contributed by atoms with Crippen molar-refractivity contribution in [3.63, 3.8) is 0 Å². The Balaban J connectivity index is 0.00000441. The summed E-state index contributed by atoms with van der Waals surface area (Å²) in [6.45, 7) is 2.94. The number of hydrogen-bond acceptors (Lipinski definition) is 5. The second-order valence-corrected chi connectivity index (χ2v) is 7.45. The first-order chi connectivity index (χ1) is 9.89. The molecule has 0 aromatic rings. The Hall–Kier alpha value is -0.410. The maximum atomic E-state index is 11.8. The van der Waals surface area contributed by atoms with Gasteiger partial charge in [-0.25, -0.2) is 13.1 Å². The minimum atomic E-state index is -3.38. The van der Waals surface area contributed by atoms with Gasteiger partial charge in [-0.1, -0.05) is 0 Å². The lowest BCUT2D eigenvalue weighted by molar-refractivity contribution is -0.121. The molecule has 1 saturated heterocycles. The lowest BCUT2D eigenvalue weighted by Gasteiger charge is -2.22. The monoisotopic (exact) mass is 357 g/mol. The smallest absolute Gasteiger partial charge is 0.220 e. The van der Waals surface area contributed by atoms with Gasteiger partial charge in [0.25, 0.3) is 0 Å². The van der Waals surface area contributed by atoms with Crippen molar-refractivity contribution in [2.75, 3.05) is 25.4 Å². The summed E-state index contributed by atoms with van der Waals surface area (Å²) in [5.74, 6) is -0.290. The third kappa shape index (κ3) is 10.3. The topological polar surface area (TPSA) is 111 Å².